The molecule has 2 aromatic rings. The van der Waals surface area contributed by atoms with E-state index in [9.17, 15) is 0 Å². The third kappa shape index (κ3) is 4.05. The van der Waals surface area contributed by atoms with Gasteiger partial charge >= 0.3 is 0 Å². The molecular weight excluding hydrogens is 326 g/mol. The Hall–Kier alpha value is -2.54. The molecule has 0 unspecified atom stereocenters. The van der Waals surface area contributed by atoms with Crippen molar-refractivity contribution in [3.05, 3.63) is 41.6 Å². The molecule has 0 spiro atoms. The van der Waals surface area contributed by atoms with Crippen molar-refractivity contribution in [2.24, 2.45) is 0 Å². The van der Waals surface area contributed by atoms with Crippen LogP contribution in [0.2, 0.25) is 0 Å². The molecule has 0 amide bonds. The average molecular weight is 347 g/mol. The second kappa shape index (κ2) is 8.35. The maximum Gasteiger partial charge on any atom is 0.203 e. The van der Waals surface area contributed by atoms with Crippen molar-refractivity contribution in [3.8, 4) is 17.2 Å². The van der Waals surface area contributed by atoms with Gasteiger partial charge in [-0.1, -0.05) is 6.07 Å². The molecule has 24 heavy (non-hydrogen) atoms. The van der Waals surface area contributed by atoms with E-state index in [0.29, 0.717) is 28.9 Å². The predicted octanol–water partition coefficient (Wildman–Crippen LogP) is 2.90. The molecule has 0 bridgehead atoms. The van der Waals surface area contributed by atoms with Crippen LogP contribution in [0.3, 0.4) is 0 Å². The van der Waals surface area contributed by atoms with Crippen LogP contribution in [0.25, 0.3) is 0 Å². The van der Waals surface area contributed by atoms with Gasteiger partial charge in [0.25, 0.3) is 0 Å². The summed E-state index contributed by atoms with van der Waals surface area (Å²) in [7, 11) is 4.76. The summed E-state index contributed by atoms with van der Waals surface area (Å²) in [6.45, 7) is 2.44. The van der Waals surface area contributed by atoms with Crippen LogP contribution in [0.5, 0.6) is 17.2 Å². The van der Waals surface area contributed by atoms with Gasteiger partial charge in [0.2, 0.25) is 5.75 Å². The van der Waals surface area contributed by atoms with Crippen LogP contribution in [0.1, 0.15) is 11.1 Å². The average Bonchev–Trinajstić information content (AvgIpc) is 2.60. The van der Waals surface area contributed by atoms with Gasteiger partial charge in [0.15, 0.2) is 16.6 Å². The Bertz CT molecular complexity index is 722. The van der Waals surface area contributed by atoms with Crippen LogP contribution in [0.15, 0.2) is 30.5 Å². The highest BCUT2D eigenvalue weighted by Crippen LogP contribution is 2.39. The summed E-state index contributed by atoms with van der Waals surface area (Å²) >= 11 is 5.33. The molecule has 0 saturated heterocycles. The first-order chi connectivity index (χ1) is 11.6. The van der Waals surface area contributed by atoms with Crippen molar-refractivity contribution in [2.45, 2.75) is 13.5 Å². The highest BCUT2D eigenvalue weighted by atomic mass is 32.1. The zero-order valence-corrected chi connectivity index (χ0v) is 15.0. The van der Waals surface area contributed by atoms with Gasteiger partial charge in [-0.15, -0.1) is 0 Å². The Balaban J connectivity index is 2.09. The van der Waals surface area contributed by atoms with Gasteiger partial charge in [-0.3, -0.25) is 0 Å². The topological polar surface area (TPSA) is 64.6 Å². The Labute approximate surface area is 147 Å². The first-order valence-corrected chi connectivity index (χ1v) is 7.75. The molecule has 2 rings (SSSR count). The van der Waals surface area contributed by atoms with Crippen molar-refractivity contribution >= 4 is 23.1 Å². The molecule has 1 aromatic carbocycles. The summed E-state index contributed by atoms with van der Waals surface area (Å²) in [6, 6.07) is 7.58. The molecule has 0 atom stereocenters. The molecular formula is C17H21N3O3S. The zero-order chi connectivity index (χ0) is 17.5. The van der Waals surface area contributed by atoms with E-state index in [-0.39, 0.29) is 0 Å². The number of nitrogens with one attached hydrogen (secondary N) is 2. The van der Waals surface area contributed by atoms with Gasteiger partial charge in [0.1, 0.15) is 5.82 Å². The van der Waals surface area contributed by atoms with Crippen molar-refractivity contribution < 1.29 is 14.2 Å². The number of aryl methyl sites for hydroxylation is 1. The molecule has 6 nitrogen and oxygen atoms in total. The molecule has 2 N–H and O–H groups in total. The molecule has 0 aliphatic carbocycles. The Kier molecular flexibility index (Phi) is 6.20. The third-order valence-electron chi connectivity index (χ3n) is 3.47. The standard InChI is InChI=1S/C17H21N3O3S/c1-11-6-5-9-18-16(11)20-17(24)19-10-12-7-8-13(21-2)15(23-4)14(12)22-3/h5-9H,10H2,1-4H3,(H2,18,19,20,24). The molecule has 1 heterocycles. The zero-order valence-electron chi connectivity index (χ0n) is 14.2. The lowest BCUT2D eigenvalue weighted by atomic mass is 10.1. The minimum absolute atomic E-state index is 0.473. The fourth-order valence-corrected chi connectivity index (χ4v) is 2.42. The van der Waals surface area contributed by atoms with E-state index in [0.717, 1.165) is 16.9 Å². The number of hydrogen-bond acceptors (Lipinski definition) is 5. The summed E-state index contributed by atoms with van der Waals surface area (Å²) in [5.41, 5.74) is 1.92. The molecule has 0 aliphatic heterocycles. The van der Waals surface area contributed by atoms with E-state index in [2.05, 4.69) is 15.6 Å². The van der Waals surface area contributed by atoms with E-state index in [1.54, 1.807) is 27.5 Å². The lowest BCUT2D eigenvalue weighted by molar-refractivity contribution is 0.322. The SMILES string of the molecule is COc1ccc(CNC(=S)Nc2ncccc2C)c(OC)c1OC. The number of hydrogen-bond donors (Lipinski definition) is 2. The lowest BCUT2D eigenvalue weighted by Gasteiger charge is -2.17. The van der Waals surface area contributed by atoms with Gasteiger partial charge in [0.05, 0.1) is 21.3 Å². The first-order valence-electron chi connectivity index (χ1n) is 7.35. The summed E-state index contributed by atoms with van der Waals surface area (Å²) in [4.78, 5) is 4.26. The second-order valence-electron chi connectivity index (χ2n) is 4.97. The van der Waals surface area contributed by atoms with Crippen LogP contribution >= 0.6 is 12.2 Å². The molecule has 0 saturated carbocycles. The monoisotopic (exact) mass is 347 g/mol. The van der Waals surface area contributed by atoms with Gasteiger partial charge in [-0.25, -0.2) is 4.98 Å². The first kappa shape index (κ1) is 17.8. The van der Waals surface area contributed by atoms with E-state index in [1.807, 2.05) is 31.2 Å². The number of nitrogens with zero attached hydrogens (tertiary/aromatic N) is 1. The normalized spacial score (nSPS) is 10.0. The quantitative estimate of drug-likeness (QED) is 0.779. The molecule has 0 radical (unpaired) electrons. The predicted molar refractivity (Wildman–Crippen MR) is 98.1 cm³/mol. The second-order valence-corrected chi connectivity index (χ2v) is 5.38. The van der Waals surface area contributed by atoms with Gasteiger partial charge < -0.3 is 24.8 Å². The van der Waals surface area contributed by atoms with Crippen LogP contribution in [0, 0.1) is 6.92 Å². The number of ether oxygens (including phenoxy) is 3. The van der Waals surface area contributed by atoms with Crippen molar-refractivity contribution in [2.75, 3.05) is 26.6 Å². The molecule has 1 aromatic heterocycles. The maximum atomic E-state index is 5.46. The van der Waals surface area contributed by atoms with Crippen LogP contribution < -0.4 is 24.8 Å². The number of pyridine rings is 1. The van der Waals surface area contributed by atoms with Crippen LogP contribution in [-0.4, -0.2) is 31.4 Å². The Morgan fingerprint density at radius 3 is 2.46 bits per heavy atom. The van der Waals surface area contributed by atoms with E-state index in [4.69, 9.17) is 26.4 Å². The number of methoxy groups -OCH3 is 3. The molecule has 0 aliphatic rings. The van der Waals surface area contributed by atoms with Crippen LogP contribution in [0.4, 0.5) is 5.82 Å². The summed E-state index contributed by atoms with van der Waals surface area (Å²) in [5.74, 6) is 2.51. The number of thiocarbonyl (C=S) groups is 1. The number of rotatable bonds is 6. The lowest BCUT2D eigenvalue weighted by Crippen LogP contribution is -2.28. The molecule has 128 valence electrons. The van der Waals surface area contributed by atoms with Gasteiger partial charge in [0, 0.05) is 18.3 Å². The molecule has 0 fully saturated rings. The van der Waals surface area contributed by atoms with E-state index in [1.165, 1.54) is 0 Å². The van der Waals surface area contributed by atoms with Crippen molar-refractivity contribution in [1.82, 2.24) is 10.3 Å². The summed E-state index contributed by atoms with van der Waals surface area (Å²) < 4.78 is 16.1. The fourth-order valence-electron chi connectivity index (χ4n) is 2.25. The Morgan fingerprint density at radius 2 is 1.83 bits per heavy atom. The highest BCUT2D eigenvalue weighted by molar-refractivity contribution is 7.80. The smallest absolute Gasteiger partial charge is 0.203 e. The fraction of sp³-hybridized carbons (Fsp3) is 0.294. The van der Waals surface area contributed by atoms with E-state index >= 15 is 0 Å². The third-order valence-corrected chi connectivity index (χ3v) is 3.71. The van der Waals surface area contributed by atoms with Crippen LogP contribution in [-0.2, 0) is 6.54 Å². The minimum atomic E-state index is 0.473. The summed E-state index contributed by atoms with van der Waals surface area (Å²) in [6.07, 6.45) is 1.72. The summed E-state index contributed by atoms with van der Waals surface area (Å²) in [5, 5.41) is 6.70. The Morgan fingerprint density at radius 1 is 1.08 bits per heavy atom. The number of aromatic nitrogens is 1. The number of anilines is 1. The van der Waals surface area contributed by atoms with E-state index < -0.39 is 0 Å². The van der Waals surface area contributed by atoms with Crippen molar-refractivity contribution in [1.29, 1.82) is 0 Å². The maximum absolute atomic E-state index is 5.46. The minimum Gasteiger partial charge on any atom is -0.493 e. The van der Waals surface area contributed by atoms with Crippen molar-refractivity contribution in [3.63, 3.8) is 0 Å². The largest absolute Gasteiger partial charge is 0.493 e. The molecule has 7 heteroatoms. The number of benzene rings is 1. The highest BCUT2D eigenvalue weighted by Gasteiger charge is 2.15. The van der Waals surface area contributed by atoms with Gasteiger partial charge in [-0.2, -0.15) is 0 Å². The van der Waals surface area contributed by atoms with Gasteiger partial charge in [-0.05, 0) is 42.9 Å².